The SMILES string of the molecule is Cc1c(C(=O)OCc2ccccc2)c(C(=O)OCc2ccccc2)c(N)c(C(=O)OCc2ccccc2)c1C(=O)OCc1ccccc1. The van der Waals surface area contributed by atoms with Crippen LogP contribution in [0.2, 0.25) is 0 Å². The number of hydrogen-bond acceptors (Lipinski definition) is 9. The molecule has 0 aromatic heterocycles. The Bertz CT molecular complexity index is 1620. The molecular weight excluding hydrogens is 610 g/mol. The van der Waals surface area contributed by atoms with Gasteiger partial charge in [-0.05, 0) is 34.7 Å². The standard InChI is InChI=1S/C39H33NO8/c1-26-31(36(41)45-22-27-14-6-2-7-15-27)33(38(43)47-24-29-18-10-4-11-19-29)35(40)34(39(44)48-25-30-20-12-5-13-21-30)32(26)37(42)46-23-28-16-8-3-9-17-28/h2-21H,22-25,40H2,1H3. The van der Waals surface area contributed by atoms with Crippen molar-refractivity contribution in [2.24, 2.45) is 0 Å². The summed E-state index contributed by atoms with van der Waals surface area (Å²) >= 11 is 0. The summed E-state index contributed by atoms with van der Waals surface area (Å²) < 4.78 is 22.4. The number of carbonyl (C=O) groups excluding carboxylic acids is 4. The van der Waals surface area contributed by atoms with Crippen molar-refractivity contribution in [3.63, 3.8) is 0 Å². The van der Waals surface area contributed by atoms with E-state index in [2.05, 4.69) is 0 Å². The third-order valence-electron chi connectivity index (χ3n) is 7.46. The number of ether oxygens (including phenoxy) is 4. The molecule has 0 amide bonds. The van der Waals surface area contributed by atoms with Crippen LogP contribution in [0, 0.1) is 6.92 Å². The molecule has 0 atom stereocenters. The fraction of sp³-hybridized carbons (Fsp3) is 0.128. The lowest BCUT2D eigenvalue weighted by molar-refractivity contribution is 0.0409. The molecule has 0 aliphatic rings. The normalized spacial score (nSPS) is 10.5. The van der Waals surface area contributed by atoms with Gasteiger partial charge in [0.15, 0.2) is 0 Å². The molecule has 5 aromatic rings. The number of esters is 4. The molecule has 242 valence electrons. The van der Waals surface area contributed by atoms with Gasteiger partial charge in [0.1, 0.15) is 26.4 Å². The molecule has 0 saturated carbocycles. The van der Waals surface area contributed by atoms with E-state index in [-0.39, 0.29) is 43.1 Å². The van der Waals surface area contributed by atoms with Crippen molar-refractivity contribution in [3.05, 3.63) is 171 Å². The average molecular weight is 644 g/mol. The highest BCUT2D eigenvalue weighted by atomic mass is 16.5. The van der Waals surface area contributed by atoms with Gasteiger partial charge < -0.3 is 24.7 Å². The number of benzene rings is 5. The summed E-state index contributed by atoms with van der Waals surface area (Å²) in [5.74, 6) is -3.88. The first-order chi connectivity index (χ1) is 23.3. The van der Waals surface area contributed by atoms with Crippen molar-refractivity contribution in [1.29, 1.82) is 0 Å². The Balaban J connectivity index is 1.59. The van der Waals surface area contributed by atoms with Gasteiger partial charge in [0.2, 0.25) is 0 Å². The van der Waals surface area contributed by atoms with Crippen LogP contribution in [0.25, 0.3) is 0 Å². The Hall–Kier alpha value is -6.22. The van der Waals surface area contributed by atoms with Crippen molar-refractivity contribution in [2.75, 3.05) is 5.73 Å². The molecule has 0 bridgehead atoms. The van der Waals surface area contributed by atoms with E-state index < -0.39 is 40.7 Å². The molecule has 0 radical (unpaired) electrons. The Morgan fingerprint density at radius 3 is 0.896 bits per heavy atom. The van der Waals surface area contributed by atoms with Crippen molar-refractivity contribution in [1.82, 2.24) is 0 Å². The first-order valence-corrected chi connectivity index (χ1v) is 15.1. The monoisotopic (exact) mass is 643 g/mol. The minimum absolute atomic E-state index is 0.0568. The van der Waals surface area contributed by atoms with Crippen LogP contribution in [0.5, 0.6) is 0 Å². The second-order valence-corrected chi connectivity index (χ2v) is 10.8. The van der Waals surface area contributed by atoms with E-state index in [9.17, 15) is 19.2 Å². The van der Waals surface area contributed by atoms with E-state index in [4.69, 9.17) is 24.7 Å². The Labute approximate surface area is 277 Å². The fourth-order valence-corrected chi connectivity index (χ4v) is 5.01. The van der Waals surface area contributed by atoms with Gasteiger partial charge in [-0.15, -0.1) is 0 Å². The van der Waals surface area contributed by atoms with Crippen LogP contribution in [0.15, 0.2) is 121 Å². The first-order valence-electron chi connectivity index (χ1n) is 15.1. The van der Waals surface area contributed by atoms with E-state index >= 15 is 0 Å². The van der Waals surface area contributed by atoms with Crippen LogP contribution >= 0.6 is 0 Å². The molecule has 0 saturated heterocycles. The number of rotatable bonds is 12. The van der Waals surface area contributed by atoms with E-state index in [1.54, 1.807) is 97.1 Å². The van der Waals surface area contributed by atoms with E-state index in [0.29, 0.717) is 22.3 Å². The van der Waals surface area contributed by atoms with Crippen LogP contribution in [0.1, 0.15) is 69.2 Å². The third-order valence-corrected chi connectivity index (χ3v) is 7.46. The van der Waals surface area contributed by atoms with E-state index in [1.807, 2.05) is 24.3 Å². The fourth-order valence-electron chi connectivity index (χ4n) is 5.01. The van der Waals surface area contributed by atoms with Crippen molar-refractivity contribution in [3.8, 4) is 0 Å². The largest absolute Gasteiger partial charge is 0.457 e. The van der Waals surface area contributed by atoms with Crippen molar-refractivity contribution in [2.45, 2.75) is 33.4 Å². The number of nitrogen functional groups attached to an aromatic ring is 1. The van der Waals surface area contributed by atoms with Gasteiger partial charge in [0.05, 0.1) is 27.9 Å². The maximum Gasteiger partial charge on any atom is 0.341 e. The van der Waals surface area contributed by atoms with Crippen LogP contribution in [0.3, 0.4) is 0 Å². The van der Waals surface area contributed by atoms with Gasteiger partial charge in [-0.1, -0.05) is 121 Å². The summed E-state index contributed by atoms with van der Waals surface area (Å²) in [7, 11) is 0. The second kappa shape index (κ2) is 15.9. The number of nitrogens with two attached hydrogens (primary N) is 1. The summed E-state index contributed by atoms with van der Waals surface area (Å²) in [6.45, 7) is 0.856. The lowest BCUT2D eigenvalue weighted by Crippen LogP contribution is -2.25. The molecule has 9 nitrogen and oxygen atoms in total. The molecule has 2 N–H and O–H groups in total. The van der Waals surface area contributed by atoms with Crippen molar-refractivity contribution >= 4 is 29.6 Å². The lowest BCUT2D eigenvalue weighted by atomic mass is 9.89. The number of hydrogen-bond donors (Lipinski definition) is 1. The molecular formula is C39H33NO8. The summed E-state index contributed by atoms with van der Waals surface area (Å²) in [6.07, 6.45) is 0. The molecule has 0 heterocycles. The minimum Gasteiger partial charge on any atom is -0.457 e. The smallest absolute Gasteiger partial charge is 0.341 e. The molecule has 5 aromatic carbocycles. The topological polar surface area (TPSA) is 131 Å². The van der Waals surface area contributed by atoms with E-state index in [0.717, 1.165) is 0 Å². The lowest BCUT2D eigenvalue weighted by Gasteiger charge is -2.21. The average Bonchev–Trinajstić information content (AvgIpc) is 3.13. The molecule has 5 rings (SSSR count). The van der Waals surface area contributed by atoms with Gasteiger partial charge in [-0.25, -0.2) is 19.2 Å². The molecule has 0 aliphatic carbocycles. The summed E-state index contributed by atoms with van der Waals surface area (Å²) in [4.78, 5) is 55.1. The Morgan fingerprint density at radius 2 is 0.646 bits per heavy atom. The van der Waals surface area contributed by atoms with Crippen LogP contribution in [-0.2, 0) is 45.4 Å². The van der Waals surface area contributed by atoms with Gasteiger partial charge >= 0.3 is 23.9 Å². The zero-order valence-corrected chi connectivity index (χ0v) is 26.2. The molecule has 48 heavy (non-hydrogen) atoms. The van der Waals surface area contributed by atoms with Gasteiger partial charge in [-0.2, -0.15) is 0 Å². The van der Waals surface area contributed by atoms with Gasteiger partial charge in [0, 0.05) is 0 Å². The van der Waals surface area contributed by atoms with Gasteiger partial charge in [0.25, 0.3) is 0 Å². The van der Waals surface area contributed by atoms with Crippen LogP contribution < -0.4 is 5.73 Å². The predicted molar refractivity (Wildman–Crippen MR) is 178 cm³/mol. The molecule has 0 spiro atoms. The quantitative estimate of drug-likeness (QED) is 0.0867. The molecule has 0 aliphatic heterocycles. The highest BCUT2D eigenvalue weighted by Gasteiger charge is 2.36. The van der Waals surface area contributed by atoms with Crippen LogP contribution in [0.4, 0.5) is 5.69 Å². The maximum absolute atomic E-state index is 13.8. The summed E-state index contributed by atoms with van der Waals surface area (Å²) in [5, 5.41) is 0. The second-order valence-electron chi connectivity index (χ2n) is 10.8. The van der Waals surface area contributed by atoms with Gasteiger partial charge in [-0.3, -0.25) is 0 Å². The minimum atomic E-state index is -0.993. The molecule has 0 unspecified atom stereocenters. The van der Waals surface area contributed by atoms with E-state index in [1.165, 1.54) is 6.92 Å². The maximum atomic E-state index is 13.8. The number of anilines is 1. The Kier molecular flexibility index (Phi) is 11.0. The number of carbonyl (C=O) groups is 4. The molecule has 9 heteroatoms. The predicted octanol–water partition coefficient (Wildman–Crippen LogP) is 7.01. The Morgan fingerprint density at radius 1 is 0.417 bits per heavy atom. The molecule has 0 fully saturated rings. The highest BCUT2D eigenvalue weighted by Crippen LogP contribution is 2.34. The first kappa shape index (κ1) is 33.2. The highest BCUT2D eigenvalue weighted by molar-refractivity contribution is 6.17. The third kappa shape index (κ3) is 8.13. The summed E-state index contributed by atoms with van der Waals surface area (Å²) in [6, 6.07) is 35.6. The zero-order valence-electron chi connectivity index (χ0n) is 26.2. The summed E-state index contributed by atoms with van der Waals surface area (Å²) in [5.41, 5.74) is 7.27. The van der Waals surface area contributed by atoms with Crippen molar-refractivity contribution < 1.29 is 38.1 Å². The van der Waals surface area contributed by atoms with Crippen LogP contribution in [-0.4, -0.2) is 23.9 Å². The zero-order chi connectivity index (χ0) is 33.9.